The van der Waals surface area contributed by atoms with Crippen molar-refractivity contribution >= 4 is 17.8 Å². The van der Waals surface area contributed by atoms with Gasteiger partial charge in [-0.1, -0.05) is 84.9 Å². The predicted octanol–water partition coefficient (Wildman–Crippen LogP) is 4.43. The van der Waals surface area contributed by atoms with Gasteiger partial charge in [-0.3, -0.25) is 14.4 Å². The number of aliphatic hydroxyl groups is 1. The second-order valence-corrected chi connectivity index (χ2v) is 10.4. The summed E-state index contributed by atoms with van der Waals surface area (Å²) in [6.45, 7) is 0.243. The van der Waals surface area contributed by atoms with Crippen molar-refractivity contribution < 1.29 is 29.0 Å². The van der Waals surface area contributed by atoms with Crippen molar-refractivity contribution in [3.05, 3.63) is 114 Å². The fourth-order valence-corrected chi connectivity index (χ4v) is 4.73. The minimum atomic E-state index is -0.622. The van der Waals surface area contributed by atoms with Gasteiger partial charge in [0.25, 0.3) is 0 Å². The van der Waals surface area contributed by atoms with Gasteiger partial charge in [0.05, 0.1) is 24.6 Å². The Bertz CT molecular complexity index is 1310. The summed E-state index contributed by atoms with van der Waals surface area (Å²) in [7, 11) is 0. The molecule has 0 saturated heterocycles. The fraction of sp³-hybridized carbons (Fsp3) is 0.324. The summed E-state index contributed by atoms with van der Waals surface area (Å²) < 4.78 is 11.3. The summed E-state index contributed by atoms with van der Waals surface area (Å²) in [5.41, 5.74) is 2.83. The molecule has 3 atom stereocenters. The number of esters is 1. The maximum absolute atomic E-state index is 13.3. The maximum atomic E-state index is 13.3. The van der Waals surface area contributed by atoms with Crippen LogP contribution in [0.15, 0.2) is 97.1 Å². The van der Waals surface area contributed by atoms with Gasteiger partial charge < -0.3 is 25.2 Å². The SMILES string of the molecule is O=C(C[C@H]1CC=CCCC(=O)OC[C@@H](c2ccccc2)NC1=O)N[C@H](CO)Cc1ccc(OCc2ccccc2)cc1. The van der Waals surface area contributed by atoms with Gasteiger partial charge in [-0.25, -0.2) is 0 Å². The molecular weight excluding hydrogens is 532 g/mol. The summed E-state index contributed by atoms with van der Waals surface area (Å²) in [4.78, 5) is 38.5. The van der Waals surface area contributed by atoms with Crippen LogP contribution in [0.1, 0.15) is 48.4 Å². The number of amides is 2. The summed E-state index contributed by atoms with van der Waals surface area (Å²) in [6, 6.07) is 25.7. The highest BCUT2D eigenvalue weighted by Crippen LogP contribution is 2.19. The number of benzene rings is 3. The first-order valence-electron chi connectivity index (χ1n) is 14.3. The molecule has 3 aromatic rings. The van der Waals surface area contributed by atoms with Gasteiger partial charge in [-0.05, 0) is 48.1 Å². The Hall–Kier alpha value is -4.43. The standard InChI is InChI=1S/C34H38N2O6/c37-22-29(20-25-16-18-30(19-17-25)41-23-26-10-4-1-5-11-26)35-32(38)21-28-14-8-3-9-15-33(39)42-24-31(36-34(28)40)27-12-6-2-7-13-27/h1-8,10-13,16-19,28-29,31,37H,9,14-15,20-24H2,(H,35,38)(H,36,40)/t28-,29+,31+/m1/s1. The van der Waals surface area contributed by atoms with Crippen molar-refractivity contribution in [1.82, 2.24) is 10.6 Å². The Morgan fingerprint density at radius 3 is 2.38 bits per heavy atom. The number of hydrogen-bond donors (Lipinski definition) is 3. The van der Waals surface area contributed by atoms with Crippen LogP contribution in [-0.4, -0.2) is 42.1 Å². The van der Waals surface area contributed by atoms with Gasteiger partial charge in [0.2, 0.25) is 11.8 Å². The summed E-state index contributed by atoms with van der Waals surface area (Å²) in [5, 5.41) is 15.8. The van der Waals surface area contributed by atoms with Crippen LogP contribution in [0.4, 0.5) is 0 Å². The first-order chi connectivity index (χ1) is 20.5. The molecule has 8 nitrogen and oxygen atoms in total. The molecular formula is C34H38N2O6. The third-order valence-corrected chi connectivity index (χ3v) is 7.07. The van der Waals surface area contributed by atoms with Gasteiger partial charge in [-0.15, -0.1) is 0 Å². The van der Waals surface area contributed by atoms with E-state index in [-0.39, 0.29) is 43.8 Å². The summed E-state index contributed by atoms with van der Waals surface area (Å²) in [5.74, 6) is -0.830. The number of hydrogen-bond acceptors (Lipinski definition) is 6. The predicted molar refractivity (Wildman–Crippen MR) is 159 cm³/mol. The van der Waals surface area contributed by atoms with Crippen molar-refractivity contribution in [2.45, 2.75) is 50.8 Å². The molecule has 1 heterocycles. The minimum Gasteiger partial charge on any atom is -0.489 e. The van der Waals surface area contributed by atoms with Crippen molar-refractivity contribution in [2.24, 2.45) is 5.92 Å². The van der Waals surface area contributed by atoms with E-state index in [1.807, 2.05) is 97.1 Å². The highest BCUT2D eigenvalue weighted by Gasteiger charge is 2.26. The number of allylic oxidation sites excluding steroid dienone is 2. The Kier molecular flexibility index (Phi) is 11.7. The Labute approximate surface area is 246 Å². The highest BCUT2D eigenvalue weighted by atomic mass is 16.5. The van der Waals surface area contributed by atoms with Crippen LogP contribution < -0.4 is 15.4 Å². The number of ether oxygens (including phenoxy) is 2. The Balaban J connectivity index is 1.34. The average Bonchev–Trinajstić information content (AvgIpc) is 3.01. The average molecular weight is 571 g/mol. The van der Waals surface area contributed by atoms with Crippen molar-refractivity contribution in [1.29, 1.82) is 0 Å². The van der Waals surface area contributed by atoms with E-state index in [4.69, 9.17) is 9.47 Å². The van der Waals surface area contributed by atoms with E-state index in [1.165, 1.54) is 0 Å². The highest BCUT2D eigenvalue weighted by molar-refractivity contribution is 5.86. The number of carbonyl (C=O) groups excluding carboxylic acids is 3. The van der Waals surface area contributed by atoms with E-state index in [0.29, 0.717) is 25.9 Å². The van der Waals surface area contributed by atoms with Crippen LogP contribution in [0.3, 0.4) is 0 Å². The minimum absolute atomic E-state index is 0.0138. The molecule has 0 saturated carbocycles. The molecule has 0 aromatic heterocycles. The van der Waals surface area contributed by atoms with Crippen LogP contribution in [0.25, 0.3) is 0 Å². The molecule has 220 valence electrons. The maximum Gasteiger partial charge on any atom is 0.306 e. The van der Waals surface area contributed by atoms with E-state index in [0.717, 1.165) is 22.4 Å². The van der Waals surface area contributed by atoms with Crippen LogP contribution in [0.5, 0.6) is 5.75 Å². The number of aliphatic hydroxyl groups excluding tert-OH is 1. The third kappa shape index (κ3) is 9.89. The number of rotatable bonds is 10. The molecule has 0 unspecified atom stereocenters. The van der Waals surface area contributed by atoms with Crippen LogP contribution in [-0.2, 0) is 32.1 Å². The molecule has 8 heteroatoms. The summed E-state index contributed by atoms with van der Waals surface area (Å²) >= 11 is 0. The molecule has 42 heavy (non-hydrogen) atoms. The lowest BCUT2D eigenvalue weighted by atomic mass is 9.97. The van der Waals surface area contributed by atoms with E-state index < -0.39 is 18.0 Å². The zero-order valence-electron chi connectivity index (χ0n) is 23.6. The lowest BCUT2D eigenvalue weighted by molar-refractivity contribution is -0.145. The van der Waals surface area contributed by atoms with Crippen molar-refractivity contribution in [2.75, 3.05) is 13.2 Å². The second kappa shape index (κ2) is 16.1. The van der Waals surface area contributed by atoms with Crippen molar-refractivity contribution in [3.8, 4) is 5.75 Å². The van der Waals surface area contributed by atoms with Crippen molar-refractivity contribution in [3.63, 3.8) is 0 Å². The molecule has 4 rings (SSSR count). The van der Waals surface area contributed by atoms with Crippen LogP contribution in [0, 0.1) is 5.92 Å². The molecule has 3 aromatic carbocycles. The molecule has 1 aliphatic rings. The van der Waals surface area contributed by atoms with E-state index in [9.17, 15) is 19.5 Å². The molecule has 0 radical (unpaired) electrons. The van der Waals surface area contributed by atoms with E-state index in [2.05, 4.69) is 10.6 Å². The van der Waals surface area contributed by atoms with Crippen LogP contribution in [0.2, 0.25) is 0 Å². The topological polar surface area (TPSA) is 114 Å². The first kappa shape index (κ1) is 30.5. The molecule has 3 N–H and O–H groups in total. The molecule has 0 spiro atoms. The molecule has 1 aliphatic heterocycles. The number of cyclic esters (lactones) is 1. The fourth-order valence-electron chi connectivity index (χ4n) is 4.73. The largest absolute Gasteiger partial charge is 0.489 e. The number of carbonyl (C=O) groups is 3. The molecule has 0 fully saturated rings. The zero-order chi connectivity index (χ0) is 29.6. The molecule has 0 bridgehead atoms. The van der Waals surface area contributed by atoms with E-state index >= 15 is 0 Å². The normalized spacial score (nSPS) is 18.5. The Morgan fingerprint density at radius 2 is 1.67 bits per heavy atom. The quantitative estimate of drug-likeness (QED) is 0.246. The van der Waals surface area contributed by atoms with Gasteiger partial charge in [-0.2, -0.15) is 0 Å². The first-order valence-corrected chi connectivity index (χ1v) is 14.3. The molecule has 2 amide bonds. The van der Waals surface area contributed by atoms with Crippen LogP contribution >= 0.6 is 0 Å². The lowest BCUT2D eigenvalue weighted by Gasteiger charge is -2.24. The second-order valence-electron chi connectivity index (χ2n) is 10.4. The lowest BCUT2D eigenvalue weighted by Crippen LogP contribution is -2.42. The van der Waals surface area contributed by atoms with E-state index in [1.54, 1.807) is 0 Å². The Morgan fingerprint density at radius 1 is 0.952 bits per heavy atom. The van der Waals surface area contributed by atoms with Gasteiger partial charge in [0.1, 0.15) is 19.0 Å². The van der Waals surface area contributed by atoms with Gasteiger partial charge in [0, 0.05) is 12.8 Å². The summed E-state index contributed by atoms with van der Waals surface area (Å²) in [6.07, 6.45) is 5.14. The molecule has 0 aliphatic carbocycles. The zero-order valence-corrected chi connectivity index (χ0v) is 23.6. The van der Waals surface area contributed by atoms with Gasteiger partial charge >= 0.3 is 5.97 Å². The van der Waals surface area contributed by atoms with Gasteiger partial charge in [0.15, 0.2) is 0 Å². The number of nitrogens with one attached hydrogen (secondary N) is 2. The third-order valence-electron chi connectivity index (χ3n) is 7.07. The smallest absolute Gasteiger partial charge is 0.306 e. The monoisotopic (exact) mass is 570 g/mol.